The van der Waals surface area contributed by atoms with E-state index >= 15 is 0 Å². The summed E-state index contributed by atoms with van der Waals surface area (Å²) in [7, 11) is 0. The predicted octanol–water partition coefficient (Wildman–Crippen LogP) is 8.93. The van der Waals surface area contributed by atoms with Crippen LogP contribution in [0.1, 0.15) is 23.3 Å². The maximum Gasteiger partial charge on any atom is 0.136 e. The van der Waals surface area contributed by atoms with E-state index in [-0.39, 0.29) is 0 Å². The Labute approximate surface area is 198 Å². The fourth-order valence-corrected chi connectivity index (χ4v) is 4.88. The SMILES string of the molecule is Clc1ccc2c3c(oc2c1)CCC=C3c1cccc(N(c2ccccc2)c2ccccc2)c1. The van der Waals surface area contributed by atoms with Gasteiger partial charge in [-0.25, -0.2) is 0 Å². The van der Waals surface area contributed by atoms with Gasteiger partial charge in [-0.15, -0.1) is 0 Å². The minimum atomic E-state index is 0.697. The smallest absolute Gasteiger partial charge is 0.136 e. The minimum absolute atomic E-state index is 0.697. The van der Waals surface area contributed by atoms with Gasteiger partial charge < -0.3 is 9.32 Å². The normalized spacial score (nSPS) is 12.9. The van der Waals surface area contributed by atoms with Crippen LogP contribution in [0.15, 0.2) is 114 Å². The van der Waals surface area contributed by atoms with E-state index < -0.39 is 0 Å². The molecule has 0 atom stereocenters. The van der Waals surface area contributed by atoms with Gasteiger partial charge >= 0.3 is 0 Å². The lowest BCUT2D eigenvalue weighted by molar-refractivity contribution is 0.545. The molecule has 4 aromatic carbocycles. The van der Waals surface area contributed by atoms with Crippen LogP contribution in [0.5, 0.6) is 0 Å². The van der Waals surface area contributed by atoms with E-state index in [0.717, 1.165) is 46.6 Å². The van der Waals surface area contributed by atoms with Gasteiger partial charge in [0.2, 0.25) is 0 Å². The van der Waals surface area contributed by atoms with Crippen molar-refractivity contribution in [3.63, 3.8) is 0 Å². The van der Waals surface area contributed by atoms with E-state index in [0.29, 0.717) is 5.02 Å². The summed E-state index contributed by atoms with van der Waals surface area (Å²) < 4.78 is 6.20. The molecule has 6 rings (SSSR count). The van der Waals surface area contributed by atoms with E-state index in [2.05, 4.69) is 89.8 Å². The second-order valence-electron chi connectivity index (χ2n) is 8.25. The number of rotatable bonds is 4. The summed E-state index contributed by atoms with van der Waals surface area (Å²) in [6.07, 6.45) is 4.20. The lowest BCUT2D eigenvalue weighted by Crippen LogP contribution is -2.10. The van der Waals surface area contributed by atoms with Crippen molar-refractivity contribution in [1.82, 2.24) is 0 Å². The summed E-state index contributed by atoms with van der Waals surface area (Å²) in [5.74, 6) is 1.04. The standard InChI is InChI=1S/C30H22ClNO/c31-22-17-18-27-29(20-22)33-28-16-8-15-26(30(27)28)21-9-7-14-25(19-21)32(23-10-3-1-4-11-23)24-12-5-2-6-13-24/h1-7,9-15,17-20H,8,16H2. The minimum Gasteiger partial charge on any atom is -0.460 e. The molecular weight excluding hydrogens is 426 g/mol. The van der Waals surface area contributed by atoms with Gasteiger partial charge in [0.25, 0.3) is 0 Å². The number of hydrogen-bond donors (Lipinski definition) is 0. The first-order valence-corrected chi connectivity index (χ1v) is 11.6. The number of benzene rings is 4. The van der Waals surface area contributed by atoms with Crippen molar-refractivity contribution in [2.24, 2.45) is 0 Å². The van der Waals surface area contributed by atoms with Gasteiger partial charge in [0.05, 0.1) is 0 Å². The van der Waals surface area contributed by atoms with Gasteiger partial charge in [0, 0.05) is 45.5 Å². The largest absolute Gasteiger partial charge is 0.460 e. The Balaban J connectivity index is 1.49. The zero-order chi connectivity index (χ0) is 22.2. The van der Waals surface area contributed by atoms with Gasteiger partial charge in [-0.2, -0.15) is 0 Å². The van der Waals surface area contributed by atoms with Crippen LogP contribution in [0, 0.1) is 0 Å². The van der Waals surface area contributed by atoms with Crippen LogP contribution in [0.4, 0.5) is 17.1 Å². The number of allylic oxidation sites excluding steroid dienone is 1. The molecule has 1 aliphatic rings. The van der Waals surface area contributed by atoms with E-state index in [1.807, 2.05) is 24.3 Å². The summed E-state index contributed by atoms with van der Waals surface area (Å²) in [4.78, 5) is 2.29. The fourth-order valence-electron chi connectivity index (χ4n) is 4.72. The molecule has 2 nitrogen and oxygen atoms in total. The first-order chi connectivity index (χ1) is 16.3. The third-order valence-electron chi connectivity index (χ3n) is 6.16. The van der Waals surface area contributed by atoms with Crippen LogP contribution in [-0.4, -0.2) is 0 Å². The molecule has 5 aromatic rings. The molecule has 1 aromatic heterocycles. The van der Waals surface area contributed by atoms with Gasteiger partial charge in [-0.05, 0) is 66.1 Å². The first-order valence-electron chi connectivity index (χ1n) is 11.2. The van der Waals surface area contributed by atoms with Crippen LogP contribution in [0.2, 0.25) is 5.02 Å². The molecule has 0 spiro atoms. The molecule has 0 saturated heterocycles. The highest BCUT2D eigenvalue weighted by Gasteiger charge is 2.23. The number of anilines is 3. The Bertz CT molecular complexity index is 1430. The van der Waals surface area contributed by atoms with Crippen molar-refractivity contribution in [3.8, 4) is 0 Å². The van der Waals surface area contributed by atoms with Crippen molar-refractivity contribution in [3.05, 3.63) is 131 Å². The monoisotopic (exact) mass is 447 g/mol. The maximum atomic E-state index is 6.23. The van der Waals surface area contributed by atoms with E-state index in [1.165, 1.54) is 16.7 Å². The Morgan fingerprint density at radius 1 is 0.697 bits per heavy atom. The Morgan fingerprint density at radius 2 is 1.39 bits per heavy atom. The summed E-state index contributed by atoms with van der Waals surface area (Å²) >= 11 is 6.23. The summed E-state index contributed by atoms with van der Waals surface area (Å²) in [5.41, 5.74) is 7.82. The number of nitrogens with zero attached hydrogens (tertiary/aromatic N) is 1. The molecule has 0 amide bonds. The van der Waals surface area contributed by atoms with Gasteiger partial charge in [0.1, 0.15) is 11.3 Å². The summed E-state index contributed by atoms with van der Waals surface area (Å²) in [6, 6.07) is 35.7. The highest BCUT2D eigenvalue weighted by Crippen LogP contribution is 2.42. The quantitative estimate of drug-likeness (QED) is 0.273. The predicted molar refractivity (Wildman–Crippen MR) is 138 cm³/mol. The molecular formula is C30H22ClNO. The molecule has 0 bridgehead atoms. The van der Waals surface area contributed by atoms with E-state index in [9.17, 15) is 0 Å². The highest BCUT2D eigenvalue weighted by atomic mass is 35.5. The molecule has 0 unspecified atom stereocenters. The Hall–Kier alpha value is -3.75. The van der Waals surface area contributed by atoms with Crippen LogP contribution < -0.4 is 4.90 Å². The van der Waals surface area contributed by atoms with Crippen LogP contribution in [-0.2, 0) is 6.42 Å². The van der Waals surface area contributed by atoms with E-state index in [4.69, 9.17) is 16.0 Å². The molecule has 3 heteroatoms. The first kappa shape index (κ1) is 19.9. The average molecular weight is 448 g/mol. The Kier molecular flexibility index (Phi) is 5.01. The third-order valence-corrected chi connectivity index (χ3v) is 6.39. The van der Waals surface area contributed by atoms with Crippen molar-refractivity contribution >= 4 is 45.2 Å². The van der Waals surface area contributed by atoms with Crippen LogP contribution in [0.25, 0.3) is 16.5 Å². The lowest BCUT2D eigenvalue weighted by Gasteiger charge is -2.26. The van der Waals surface area contributed by atoms with Crippen molar-refractivity contribution < 1.29 is 4.42 Å². The number of fused-ring (bicyclic) bond motifs is 3. The van der Waals surface area contributed by atoms with Crippen molar-refractivity contribution in [1.29, 1.82) is 0 Å². The molecule has 0 aliphatic heterocycles. The second-order valence-corrected chi connectivity index (χ2v) is 8.69. The number of para-hydroxylation sites is 2. The molecule has 0 fully saturated rings. The van der Waals surface area contributed by atoms with Crippen molar-refractivity contribution in [2.45, 2.75) is 12.8 Å². The molecule has 0 saturated carbocycles. The maximum absolute atomic E-state index is 6.23. The zero-order valence-corrected chi connectivity index (χ0v) is 18.8. The molecule has 1 aliphatic carbocycles. The van der Waals surface area contributed by atoms with Crippen molar-refractivity contribution in [2.75, 3.05) is 4.90 Å². The lowest BCUT2D eigenvalue weighted by atomic mass is 9.89. The molecule has 0 N–H and O–H groups in total. The van der Waals surface area contributed by atoms with Crippen LogP contribution in [0.3, 0.4) is 0 Å². The Morgan fingerprint density at radius 3 is 2.12 bits per heavy atom. The van der Waals surface area contributed by atoms with Crippen LogP contribution >= 0.6 is 11.6 Å². The van der Waals surface area contributed by atoms with E-state index in [1.54, 1.807) is 0 Å². The summed E-state index contributed by atoms with van der Waals surface area (Å²) in [6.45, 7) is 0. The third kappa shape index (κ3) is 3.63. The number of halogens is 1. The number of hydrogen-bond acceptors (Lipinski definition) is 2. The fraction of sp³-hybridized carbons (Fsp3) is 0.0667. The highest BCUT2D eigenvalue weighted by molar-refractivity contribution is 6.31. The topological polar surface area (TPSA) is 16.4 Å². The molecule has 0 radical (unpaired) electrons. The van der Waals surface area contributed by atoms with Gasteiger partial charge in [-0.3, -0.25) is 0 Å². The zero-order valence-electron chi connectivity index (χ0n) is 18.0. The molecule has 1 heterocycles. The van der Waals surface area contributed by atoms with Gasteiger partial charge in [0.15, 0.2) is 0 Å². The number of furan rings is 1. The molecule has 160 valence electrons. The number of aryl methyl sites for hydroxylation is 1. The average Bonchev–Trinajstić information content (AvgIpc) is 3.23. The molecule has 33 heavy (non-hydrogen) atoms. The second kappa shape index (κ2) is 8.31. The van der Waals surface area contributed by atoms with Gasteiger partial charge in [-0.1, -0.05) is 66.2 Å². The summed E-state index contributed by atoms with van der Waals surface area (Å²) in [5, 5.41) is 1.82.